The molecule has 0 aliphatic carbocycles. The Kier molecular flexibility index (Phi) is 7.22. The molecule has 2 nitrogen and oxygen atoms in total. The van der Waals surface area contributed by atoms with Crippen molar-refractivity contribution in [2.45, 2.75) is 39.5 Å². The summed E-state index contributed by atoms with van der Waals surface area (Å²) in [5.74, 6) is 4.14. The third-order valence-corrected chi connectivity index (χ3v) is 2.87. The fourth-order valence-corrected chi connectivity index (χ4v) is 1.89. The van der Waals surface area contributed by atoms with Crippen molar-refractivity contribution < 1.29 is 9.47 Å². The number of benzene rings is 1. The Bertz CT molecular complexity index is 435. The average molecular weight is 281 g/mol. The van der Waals surface area contributed by atoms with Gasteiger partial charge in [-0.1, -0.05) is 25.4 Å². The molecule has 0 aromatic heterocycles. The third kappa shape index (κ3) is 5.04. The van der Waals surface area contributed by atoms with Crippen LogP contribution in [0.15, 0.2) is 12.1 Å². The lowest BCUT2D eigenvalue weighted by Gasteiger charge is -2.14. The summed E-state index contributed by atoms with van der Waals surface area (Å²) in [4.78, 5) is 0. The number of halogens is 1. The number of terminal acetylenes is 1. The summed E-state index contributed by atoms with van der Waals surface area (Å²) in [7, 11) is 0. The van der Waals surface area contributed by atoms with Crippen LogP contribution in [0.5, 0.6) is 11.5 Å². The van der Waals surface area contributed by atoms with Crippen LogP contribution >= 0.6 is 11.6 Å². The molecule has 0 heterocycles. The van der Waals surface area contributed by atoms with Crippen LogP contribution in [0, 0.1) is 12.3 Å². The standard InChI is InChI=1S/C16H21ClO2/c1-4-7-8-13-11-14(17)16(19-10-6-3)12-15(13)18-9-5-2/h1,11-12H,5-10H2,2-3H3. The molecule has 1 aromatic carbocycles. The second-order valence-electron chi connectivity index (χ2n) is 4.29. The van der Waals surface area contributed by atoms with Crippen molar-refractivity contribution in [1.82, 2.24) is 0 Å². The summed E-state index contributed by atoms with van der Waals surface area (Å²) in [6, 6.07) is 3.77. The second-order valence-corrected chi connectivity index (χ2v) is 4.70. The average Bonchev–Trinajstić information content (AvgIpc) is 2.42. The zero-order chi connectivity index (χ0) is 14.1. The van der Waals surface area contributed by atoms with Crippen molar-refractivity contribution >= 4 is 11.6 Å². The van der Waals surface area contributed by atoms with E-state index in [0.29, 0.717) is 30.4 Å². The summed E-state index contributed by atoms with van der Waals surface area (Å²) in [6.07, 6.45) is 8.66. The molecule has 104 valence electrons. The van der Waals surface area contributed by atoms with Crippen LogP contribution in [0.1, 0.15) is 38.7 Å². The largest absolute Gasteiger partial charge is 0.493 e. The molecule has 0 fully saturated rings. The normalized spacial score (nSPS) is 10.0. The minimum atomic E-state index is 0.615. The van der Waals surface area contributed by atoms with Crippen molar-refractivity contribution in [2.24, 2.45) is 0 Å². The fraction of sp³-hybridized carbons (Fsp3) is 0.500. The number of aryl methyl sites for hydroxylation is 1. The van der Waals surface area contributed by atoms with E-state index in [1.807, 2.05) is 12.1 Å². The maximum absolute atomic E-state index is 6.22. The van der Waals surface area contributed by atoms with Crippen LogP contribution < -0.4 is 9.47 Å². The van der Waals surface area contributed by atoms with E-state index >= 15 is 0 Å². The molecular formula is C16H21ClO2. The molecule has 0 spiro atoms. The van der Waals surface area contributed by atoms with E-state index in [1.54, 1.807) is 0 Å². The number of rotatable bonds is 8. The van der Waals surface area contributed by atoms with E-state index in [0.717, 1.165) is 30.6 Å². The van der Waals surface area contributed by atoms with Crippen molar-refractivity contribution in [1.29, 1.82) is 0 Å². The second kappa shape index (κ2) is 8.72. The van der Waals surface area contributed by atoms with Gasteiger partial charge in [-0.15, -0.1) is 12.3 Å². The van der Waals surface area contributed by atoms with Crippen LogP contribution in [0.25, 0.3) is 0 Å². The highest BCUT2D eigenvalue weighted by atomic mass is 35.5. The molecule has 3 heteroatoms. The lowest BCUT2D eigenvalue weighted by molar-refractivity contribution is 0.299. The van der Waals surface area contributed by atoms with Gasteiger partial charge in [-0.05, 0) is 30.9 Å². The van der Waals surface area contributed by atoms with Crippen LogP contribution in [-0.2, 0) is 6.42 Å². The van der Waals surface area contributed by atoms with E-state index < -0.39 is 0 Å². The van der Waals surface area contributed by atoms with Crippen molar-refractivity contribution in [3.8, 4) is 23.8 Å². The predicted octanol–water partition coefficient (Wildman–Crippen LogP) is 4.48. The fourth-order valence-electron chi connectivity index (χ4n) is 1.65. The minimum absolute atomic E-state index is 0.615. The smallest absolute Gasteiger partial charge is 0.141 e. The summed E-state index contributed by atoms with van der Waals surface area (Å²) >= 11 is 6.22. The first-order valence-corrected chi connectivity index (χ1v) is 7.12. The van der Waals surface area contributed by atoms with E-state index in [1.165, 1.54) is 0 Å². The number of ether oxygens (including phenoxy) is 2. The van der Waals surface area contributed by atoms with Crippen molar-refractivity contribution in [2.75, 3.05) is 13.2 Å². The molecule has 0 saturated carbocycles. The van der Waals surface area contributed by atoms with Gasteiger partial charge in [-0.3, -0.25) is 0 Å². The van der Waals surface area contributed by atoms with Gasteiger partial charge in [-0.2, -0.15) is 0 Å². The lowest BCUT2D eigenvalue weighted by atomic mass is 10.1. The molecule has 0 radical (unpaired) electrons. The Morgan fingerprint density at radius 3 is 2.32 bits per heavy atom. The predicted molar refractivity (Wildman–Crippen MR) is 80.2 cm³/mol. The maximum Gasteiger partial charge on any atom is 0.141 e. The number of hydrogen-bond donors (Lipinski definition) is 0. The van der Waals surface area contributed by atoms with Crippen LogP contribution in [0.4, 0.5) is 0 Å². The van der Waals surface area contributed by atoms with Gasteiger partial charge in [0, 0.05) is 12.5 Å². The molecule has 0 bridgehead atoms. The Hall–Kier alpha value is -1.33. The zero-order valence-electron chi connectivity index (χ0n) is 11.7. The zero-order valence-corrected chi connectivity index (χ0v) is 12.4. The molecule has 0 saturated heterocycles. The first-order valence-electron chi connectivity index (χ1n) is 6.74. The highest BCUT2D eigenvalue weighted by molar-refractivity contribution is 6.32. The van der Waals surface area contributed by atoms with Crippen molar-refractivity contribution in [3.63, 3.8) is 0 Å². The molecule has 19 heavy (non-hydrogen) atoms. The van der Waals surface area contributed by atoms with Crippen LogP contribution in [0.2, 0.25) is 5.02 Å². The maximum atomic E-state index is 6.22. The van der Waals surface area contributed by atoms with E-state index in [9.17, 15) is 0 Å². The molecule has 0 aliphatic heterocycles. The molecular weight excluding hydrogens is 260 g/mol. The summed E-state index contributed by atoms with van der Waals surface area (Å²) in [5.41, 5.74) is 1.04. The van der Waals surface area contributed by atoms with Gasteiger partial charge in [0.2, 0.25) is 0 Å². The quantitative estimate of drug-likeness (QED) is 0.654. The van der Waals surface area contributed by atoms with Gasteiger partial charge in [0.25, 0.3) is 0 Å². The molecule has 1 rings (SSSR count). The lowest BCUT2D eigenvalue weighted by Crippen LogP contribution is -2.02. The van der Waals surface area contributed by atoms with Gasteiger partial charge in [0.15, 0.2) is 0 Å². The Morgan fingerprint density at radius 1 is 1.11 bits per heavy atom. The summed E-state index contributed by atoms with van der Waals surface area (Å²) in [6.45, 7) is 5.46. The third-order valence-electron chi connectivity index (χ3n) is 2.58. The SMILES string of the molecule is C#CCCc1cc(Cl)c(OCCC)cc1OCCC. The molecule has 0 aliphatic rings. The highest BCUT2D eigenvalue weighted by Gasteiger charge is 2.10. The molecule has 0 amide bonds. The number of hydrogen-bond acceptors (Lipinski definition) is 2. The summed E-state index contributed by atoms with van der Waals surface area (Å²) < 4.78 is 11.4. The van der Waals surface area contributed by atoms with Crippen molar-refractivity contribution in [3.05, 3.63) is 22.7 Å². The molecule has 1 aromatic rings. The van der Waals surface area contributed by atoms with E-state index in [4.69, 9.17) is 27.5 Å². The first-order chi connectivity index (χ1) is 9.22. The van der Waals surface area contributed by atoms with E-state index in [-0.39, 0.29) is 0 Å². The Labute approximate surface area is 121 Å². The van der Waals surface area contributed by atoms with Gasteiger partial charge < -0.3 is 9.47 Å². The van der Waals surface area contributed by atoms with Gasteiger partial charge in [0.1, 0.15) is 11.5 Å². The molecule has 0 N–H and O–H groups in total. The molecule has 0 unspecified atom stereocenters. The molecule has 0 atom stereocenters. The minimum Gasteiger partial charge on any atom is -0.493 e. The van der Waals surface area contributed by atoms with Crippen LogP contribution in [0.3, 0.4) is 0 Å². The van der Waals surface area contributed by atoms with E-state index in [2.05, 4.69) is 19.8 Å². The van der Waals surface area contributed by atoms with Crippen LogP contribution in [-0.4, -0.2) is 13.2 Å². The van der Waals surface area contributed by atoms with Gasteiger partial charge in [0.05, 0.1) is 18.2 Å². The first kappa shape index (κ1) is 15.7. The van der Waals surface area contributed by atoms with Gasteiger partial charge >= 0.3 is 0 Å². The monoisotopic (exact) mass is 280 g/mol. The topological polar surface area (TPSA) is 18.5 Å². The Balaban J connectivity index is 2.95. The van der Waals surface area contributed by atoms with Gasteiger partial charge in [-0.25, -0.2) is 0 Å². The Morgan fingerprint density at radius 2 is 1.74 bits per heavy atom. The highest BCUT2D eigenvalue weighted by Crippen LogP contribution is 2.33. The summed E-state index contributed by atoms with van der Waals surface area (Å²) in [5, 5.41) is 0.615.